The summed E-state index contributed by atoms with van der Waals surface area (Å²) in [5, 5.41) is 3.39. The van der Waals surface area contributed by atoms with Crippen LogP contribution in [0.15, 0.2) is 18.2 Å². The summed E-state index contributed by atoms with van der Waals surface area (Å²) in [6.45, 7) is 8.34. The minimum atomic E-state index is 0.672. The van der Waals surface area contributed by atoms with E-state index in [0.29, 0.717) is 5.92 Å². The molecule has 86 valence electrons. The minimum Gasteiger partial charge on any atom is -0.341 e. The molecule has 0 atom stereocenters. The summed E-state index contributed by atoms with van der Waals surface area (Å²) >= 11 is 0. The van der Waals surface area contributed by atoms with E-state index in [1.807, 2.05) is 0 Å². The number of hydrogen-bond donors (Lipinski definition) is 2. The molecule has 0 unspecified atom stereocenters. The molecule has 3 heteroatoms. The van der Waals surface area contributed by atoms with Crippen LogP contribution in [-0.2, 0) is 6.54 Å². The Morgan fingerprint density at radius 2 is 2.19 bits per heavy atom. The van der Waals surface area contributed by atoms with Gasteiger partial charge in [0.25, 0.3) is 0 Å². The molecule has 2 N–H and O–H groups in total. The number of aromatic nitrogens is 2. The molecular weight excluding hydrogens is 198 g/mol. The van der Waals surface area contributed by atoms with Crippen molar-refractivity contribution >= 4 is 11.0 Å². The van der Waals surface area contributed by atoms with Crippen LogP contribution >= 0.6 is 0 Å². The fraction of sp³-hybridized carbons (Fsp3) is 0.462. The predicted octanol–water partition coefficient (Wildman–Crippen LogP) is 2.62. The Kier molecular flexibility index (Phi) is 3.25. The van der Waals surface area contributed by atoms with Crippen molar-refractivity contribution < 1.29 is 0 Å². The van der Waals surface area contributed by atoms with Gasteiger partial charge >= 0.3 is 0 Å². The first-order chi connectivity index (χ1) is 7.66. The molecule has 0 saturated carbocycles. The smallest absolute Gasteiger partial charge is 0.121 e. The van der Waals surface area contributed by atoms with E-state index in [2.05, 4.69) is 54.3 Å². The fourth-order valence-electron chi connectivity index (χ4n) is 1.79. The van der Waals surface area contributed by atoms with E-state index in [4.69, 9.17) is 0 Å². The monoisotopic (exact) mass is 217 g/mol. The first kappa shape index (κ1) is 11.1. The van der Waals surface area contributed by atoms with Crippen molar-refractivity contribution in [3.63, 3.8) is 0 Å². The van der Waals surface area contributed by atoms with Gasteiger partial charge in [-0.2, -0.15) is 0 Å². The lowest BCUT2D eigenvalue weighted by Crippen LogP contribution is -2.19. The molecule has 0 aliphatic heterocycles. The molecule has 0 aliphatic rings. The molecule has 0 fully saturated rings. The lowest BCUT2D eigenvalue weighted by molar-refractivity contribution is 0.545. The molecule has 3 nitrogen and oxygen atoms in total. The molecule has 0 radical (unpaired) electrons. The Morgan fingerprint density at radius 1 is 1.38 bits per heavy atom. The normalized spacial score (nSPS) is 11.5. The number of rotatable bonds is 4. The molecule has 0 spiro atoms. The van der Waals surface area contributed by atoms with Crippen LogP contribution in [0.25, 0.3) is 11.0 Å². The lowest BCUT2D eigenvalue weighted by atomic mass is 10.2. The largest absolute Gasteiger partial charge is 0.341 e. The second kappa shape index (κ2) is 4.66. The number of hydrogen-bond acceptors (Lipinski definition) is 2. The number of aryl methyl sites for hydroxylation is 1. The first-order valence-corrected chi connectivity index (χ1v) is 5.81. The van der Waals surface area contributed by atoms with Gasteiger partial charge in [-0.25, -0.2) is 4.98 Å². The molecule has 2 aromatic rings. The third kappa shape index (κ3) is 2.42. The highest BCUT2D eigenvalue weighted by Crippen LogP contribution is 2.15. The van der Waals surface area contributed by atoms with Crippen LogP contribution in [0.2, 0.25) is 0 Å². The molecule has 1 aromatic carbocycles. The van der Waals surface area contributed by atoms with Crippen LogP contribution in [0.1, 0.15) is 25.2 Å². The van der Waals surface area contributed by atoms with E-state index in [1.165, 1.54) is 5.56 Å². The van der Waals surface area contributed by atoms with Crippen LogP contribution in [0.4, 0.5) is 0 Å². The SMILES string of the molecule is Cc1cccc2[nH]c(CNCC(C)C)nc12. The minimum absolute atomic E-state index is 0.672. The molecule has 0 bridgehead atoms. The number of H-pyrrole nitrogens is 1. The van der Waals surface area contributed by atoms with E-state index >= 15 is 0 Å². The van der Waals surface area contributed by atoms with Crippen LogP contribution in [-0.4, -0.2) is 16.5 Å². The zero-order valence-corrected chi connectivity index (χ0v) is 10.2. The van der Waals surface area contributed by atoms with Gasteiger partial charge in [0, 0.05) is 0 Å². The number of aromatic amines is 1. The Bertz CT molecular complexity index is 471. The Morgan fingerprint density at radius 3 is 2.88 bits per heavy atom. The molecule has 1 heterocycles. The van der Waals surface area contributed by atoms with Crippen molar-refractivity contribution in [1.82, 2.24) is 15.3 Å². The molecule has 1 aromatic heterocycles. The third-order valence-electron chi connectivity index (χ3n) is 2.61. The first-order valence-electron chi connectivity index (χ1n) is 5.81. The predicted molar refractivity (Wildman–Crippen MR) is 67.4 cm³/mol. The van der Waals surface area contributed by atoms with Gasteiger partial charge < -0.3 is 10.3 Å². The van der Waals surface area contributed by atoms with Gasteiger partial charge in [0.1, 0.15) is 5.82 Å². The van der Waals surface area contributed by atoms with Gasteiger partial charge in [-0.3, -0.25) is 0 Å². The van der Waals surface area contributed by atoms with Gasteiger partial charge in [0.05, 0.1) is 17.6 Å². The van der Waals surface area contributed by atoms with Crippen molar-refractivity contribution in [3.05, 3.63) is 29.6 Å². The van der Waals surface area contributed by atoms with Crippen LogP contribution in [0.5, 0.6) is 0 Å². The second-order valence-electron chi connectivity index (χ2n) is 4.68. The quantitative estimate of drug-likeness (QED) is 0.826. The van der Waals surface area contributed by atoms with Crippen molar-refractivity contribution in [2.24, 2.45) is 5.92 Å². The van der Waals surface area contributed by atoms with Crippen molar-refractivity contribution in [2.45, 2.75) is 27.3 Å². The summed E-state index contributed by atoms with van der Waals surface area (Å²) in [6.07, 6.45) is 0. The summed E-state index contributed by atoms with van der Waals surface area (Å²) in [5.41, 5.74) is 3.44. The topological polar surface area (TPSA) is 40.7 Å². The zero-order chi connectivity index (χ0) is 11.5. The van der Waals surface area contributed by atoms with E-state index < -0.39 is 0 Å². The highest BCUT2D eigenvalue weighted by molar-refractivity contribution is 5.78. The molecule has 2 rings (SSSR count). The molecular formula is C13H19N3. The fourth-order valence-corrected chi connectivity index (χ4v) is 1.79. The summed E-state index contributed by atoms with van der Waals surface area (Å²) in [4.78, 5) is 7.93. The van der Waals surface area contributed by atoms with Gasteiger partial charge in [0.2, 0.25) is 0 Å². The second-order valence-corrected chi connectivity index (χ2v) is 4.68. The maximum absolute atomic E-state index is 4.59. The molecule has 0 amide bonds. The van der Waals surface area contributed by atoms with E-state index in [9.17, 15) is 0 Å². The summed E-state index contributed by atoms with van der Waals surface area (Å²) in [5.74, 6) is 1.69. The standard InChI is InChI=1S/C13H19N3/c1-9(2)7-14-8-12-15-11-6-4-5-10(3)13(11)16-12/h4-6,9,14H,7-8H2,1-3H3,(H,15,16). The Labute approximate surface area is 96.3 Å². The summed E-state index contributed by atoms with van der Waals surface area (Å²) in [7, 11) is 0. The summed E-state index contributed by atoms with van der Waals surface area (Å²) in [6, 6.07) is 6.22. The van der Waals surface area contributed by atoms with Gasteiger partial charge in [0.15, 0.2) is 0 Å². The van der Waals surface area contributed by atoms with Gasteiger partial charge in [-0.1, -0.05) is 26.0 Å². The Balaban J connectivity index is 2.11. The number of para-hydroxylation sites is 1. The molecule has 0 aliphatic carbocycles. The van der Waals surface area contributed by atoms with Crippen molar-refractivity contribution in [3.8, 4) is 0 Å². The zero-order valence-electron chi connectivity index (χ0n) is 10.2. The van der Waals surface area contributed by atoms with E-state index in [-0.39, 0.29) is 0 Å². The van der Waals surface area contributed by atoms with E-state index in [1.54, 1.807) is 0 Å². The van der Waals surface area contributed by atoms with Crippen LogP contribution in [0, 0.1) is 12.8 Å². The summed E-state index contributed by atoms with van der Waals surface area (Å²) < 4.78 is 0. The van der Waals surface area contributed by atoms with Crippen LogP contribution < -0.4 is 5.32 Å². The molecule has 0 saturated heterocycles. The lowest BCUT2D eigenvalue weighted by Gasteiger charge is -2.04. The van der Waals surface area contributed by atoms with Gasteiger partial charge in [-0.05, 0) is 31.0 Å². The number of fused-ring (bicyclic) bond motifs is 1. The number of nitrogens with one attached hydrogen (secondary N) is 2. The van der Waals surface area contributed by atoms with Crippen molar-refractivity contribution in [2.75, 3.05) is 6.54 Å². The van der Waals surface area contributed by atoms with Crippen LogP contribution in [0.3, 0.4) is 0 Å². The number of imidazole rings is 1. The highest BCUT2D eigenvalue weighted by Gasteiger charge is 2.04. The average Bonchev–Trinajstić information content (AvgIpc) is 2.61. The third-order valence-corrected chi connectivity index (χ3v) is 2.61. The maximum Gasteiger partial charge on any atom is 0.121 e. The Hall–Kier alpha value is -1.35. The van der Waals surface area contributed by atoms with Gasteiger partial charge in [-0.15, -0.1) is 0 Å². The van der Waals surface area contributed by atoms with E-state index in [0.717, 1.165) is 29.9 Å². The number of nitrogens with zero attached hydrogens (tertiary/aromatic N) is 1. The van der Waals surface area contributed by atoms with Crippen molar-refractivity contribution in [1.29, 1.82) is 0 Å². The molecule has 16 heavy (non-hydrogen) atoms. The average molecular weight is 217 g/mol. The number of benzene rings is 1. The highest BCUT2D eigenvalue weighted by atomic mass is 15.0. The maximum atomic E-state index is 4.59.